The largest absolute Gasteiger partial charge is 0.309 e. The number of hydrogen-bond donors (Lipinski definition) is 2. The third kappa shape index (κ3) is 8.17. The molecule has 0 rings (SSSR count). The number of thiol groups is 1. The number of nitrogens with one attached hydrogen (secondary N) is 1. The molecular weight excluding hydrogens is 156 g/mol. The molecule has 0 saturated carbocycles. The predicted molar refractivity (Wildman–Crippen MR) is 54.2 cm³/mol. The molecule has 0 aliphatic heterocycles. The predicted octanol–water partition coefficient (Wildman–Crippen LogP) is 1.19. The van der Waals surface area contributed by atoms with Crippen LogP contribution in [0.1, 0.15) is 19.8 Å². The SMILES string of the molecule is C[C@@H](CCCN(C)C)NCS. The van der Waals surface area contributed by atoms with Gasteiger partial charge in [0, 0.05) is 11.9 Å². The highest BCUT2D eigenvalue weighted by molar-refractivity contribution is 7.80. The van der Waals surface area contributed by atoms with Crippen molar-refractivity contribution in [3.8, 4) is 0 Å². The van der Waals surface area contributed by atoms with Crippen LogP contribution in [0.4, 0.5) is 0 Å². The quantitative estimate of drug-likeness (QED) is 0.467. The molecule has 3 heteroatoms. The second kappa shape index (κ2) is 6.95. The first kappa shape index (κ1) is 11.3. The van der Waals surface area contributed by atoms with Crippen LogP contribution in [0, 0.1) is 0 Å². The molecule has 1 atom stereocenters. The van der Waals surface area contributed by atoms with E-state index in [2.05, 4.69) is 43.9 Å². The molecule has 1 N–H and O–H groups in total. The molecule has 0 heterocycles. The van der Waals surface area contributed by atoms with Crippen LogP contribution >= 0.6 is 12.6 Å². The molecule has 0 aliphatic rings. The molecule has 0 aromatic rings. The summed E-state index contributed by atoms with van der Waals surface area (Å²) in [6.45, 7) is 3.38. The van der Waals surface area contributed by atoms with Crippen LogP contribution in [0.15, 0.2) is 0 Å². The van der Waals surface area contributed by atoms with Crippen LogP contribution in [0.2, 0.25) is 0 Å². The number of rotatable bonds is 6. The maximum absolute atomic E-state index is 4.10. The smallest absolute Gasteiger partial charge is 0.0389 e. The van der Waals surface area contributed by atoms with Crippen LogP contribution in [0.5, 0.6) is 0 Å². The summed E-state index contributed by atoms with van der Waals surface area (Å²) < 4.78 is 0. The maximum Gasteiger partial charge on any atom is 0.0389 e. The zero-order valence-electron chi connectivity index (χ0n) is 7.80. The summed E-state index contributed by atoms with van der Waals surface area (Å²) in [4.78, 5) is 2.22. The van der Waals surface area contributed by atoms with E-state index in [-0.39, 0.29) is 0 Å². The fourth-order valence-electron chi connectivity index (χ4n) is 0.972. The van der Waals surface area contributed by atoms with Gasteiger partial charge in [-0.25, -0.2) is 0 Å². The summed E-state index contributed by atoms with van der Waals surface area (Å²) in [5.41, 5.74) is 0. The molecule has 0 aliphatic carbocycles. The fraction of sp³-hybridized carbons (Fsp3) is 1.00. The molecule has 11 heavy (non-hydrogen) atoms. The van der Waals surface area contributed by atoms with Gasteiger partial charge in [0.25, 0.3) is 0 Å². The Labute approximate surface area is 75.8 Å². The van der Waals surface area contributed by atoms with E-state index in [1.807, 2.05) is 0 Å². The van der Waals surface area contributed by atoms with Gasteiger partial charge in [-0.3, -0.25) is 0 Å². The van der Waals surface area contributed by atoms with E-state index in [4.69, 9.17) is 0 Å². The van der Waals surface area contributed by atoms with Crippen LogP contribution < -0.4 is 5.32 Å². The van der Waals surface area contributed by atoms with Gasteiger partial charge in [0.15, 0.2) is 0 Å². The molecule has 0 fully saturated rings. The van der Waals surface area contributed by atoms with E-state index in [1.54, 1.807) is 0 Å². The lowest BCUT2D eigenvalue weighted by Crippen LogP contribution is -2.25. The molecule has 2 nitrogen and oxygen atoms in total. The second-order valence-corrected chi connectivity index (χ2v) is 3.53. The molecule has 0 saturated heterocycles. The van der Waals surface area contributed by atoms with Crippen molar-refractivity contribution < 1.29 is 0 Å². The van der Waals surface area contributed by atoms with Gasteiger partial charge in [0.2, 0.25) is 0 Å². The normalized spacial score (nSPS) is 13.9. The second-order valence-electron chi connectivity index (χ2n) is 3.21. The van der Waals surface area contributed by atoms with Crippen molar-refractivity contribution in [3.05, 3.63) is 0 Å². The number of hydrogen-bond acceptors (Lipinski definition) is 3. The Morgan fingerprint density at radius 2 is 2.09 bits per heavy atom. The van der Waals surface area contributed by atoms with E-state index < -0.39 is 0 Å². The topological polar surface area (TPSA) is 15.3 Å². The lowest BCUT2D eigenvalue weighted by atomic mass is 10.2. The van der Waals surface area contributed by atoms with E-state index in [9.17, 15) is 0 Å². The van der Waals surface area contributed by atoms with Gasteiger partial charge in [-0.1, -0.05) is 0 Å². The molecule has 0 aromatic carbocycles. The summed E-state index contributed by atoms with van der Waals surface area (Å²) in [5.74, 6) is 0.781. The monoisotopic (exact) mass is 176 g/mol. The molecule has 0 spiro atoms. The maximum atomic E-state index is 4.10. The summed E-state index contributed by atoms with van der Waals surface area (Å²) in [7, 11) is 4.22. The van der Waals surface area contributed by atoms with Gasteiger partial charge in [0.05, 0.1) is 0 Å². The Balaban J connectivity index is 3.10. The minimum Gasteiger partial charge on any atom is -0.309 e. The first-order chi connectivity index (χ1) is 5.16. The average molecular weight is 176 g/mol. The van der Waals surface area contributed by atoms with Crippen LogP contribution in [-0.2, 0) is 0 Å². The first-order valence-corrected chi connectivity index (χ1v) is 4.79. The Morgan fingerprint density at radius 1 is 1.45 bits per heavy atom. The van der Waals surface area contributed by atoms with Crippen molar-refractivity contribution in [2.24, 2.45) is 0 Å². The van der Waals surface area contributed by atoms with Crippen LogP contribution in [0.25, 0.3) is 0 Å². The Hall–Kier alpha value is 0.270. The van der Waals surface area contributed by atoms with Gasteiger partial charge >= 0.3 is 0 Å². The third-order valence-electron chi connectivity index (χ3n) is 1.68. The lowest BCUT2D eigenvalue weighted by molar-refractivity contribution is 0.380. The van der Waals surface area contributed by atoms with Gasteiger partial charge in [0.1, 0.15) is 0 Å². The fourth-order valence-corrected chi connectivity index (χ4v) is 1.28. The molecule has 0 amide bonds. The molecule has 0 unspecified atom stereocenters. The number of nitrogens with zero attached hydrogens (tertiary/aromatic N) is 1. The molecule has 0 aromatic heterocycles. The van der Waals surface area contributed by atoms with E-state index in [0.29, 0.717) is 6.04 Å². The van der Waals surface area contributed by atoms with E-state index in [0.717, 1.165) is 5.88 Å². The Bertz CT molecular complexity index is 86.2. The Kier molecular flexibility index (Phi) is 7.12. The van der Waals surface area contributed by atoms with Crippen molar-refractivity contribution in [1.82, 2.24) is 10.2 Å². The van der Waals surface area contributed by atoms with Gasteiger partial charge < -0.3 is 10.2 Å². The third-order valence-corrected chi connectivity index (χ3v) is 1.86. The summed E-state index contributed by atoms with van der Waals surface area (Å²) in [5, 5.41) is 3.26. The zero-order chi connectivity index (χ0) is 8.69. The van der Waals surface area contributed by atoms with Crippen molar-refractivity contribution in [3.63, 3.8) is 0 Å². The highest BCUT2D eigenvalue weighted by atomic mass is 32.1. The standard InChI is InChI=1S/C8H20N2S/c1-8(9-7-11)5-4-6-10(2)3/h8-9,11H,4-7H2,1-3H3/t8-/m0/s1. The van der Waals surface area contributed by atoms with E-state index >= 15 is 0 Å². The van der Waals surface area contributed by atoms with Crippen LogP contribution in [0.3, 0.4) is 0 Å². The zero-order valence-corrected chi connectivity index (χ0v) is 8.69. The molecule has 0 radical (unpaired) electrons. The highest BCUT2D eigenvalue weighted by Gasteiger charge is 1.98. The van der Waals surface area contributed by atoms with Gasteiger partial charge in [-0.2, -0.15) is 12.6 Å². The lowest BCUT2D eigenvalue weighted by Gasteiger charge is -2.13. The summed E-state index contributed by atoms with van der Waals surface area (Å²) in [6, 6.07) is 0.604. The van der Waals surface area contributed by atoms with Crippen molar-refractivity contribution in [1.29, 1.82) is 0 Å². The molecular formula is C8H20N2S. The van der Waals surface area contributed by atoms with Crippen molar-refractivity contribution in [2.45, 2.75) is 25.8 Å². The molecule has 0 bridgehead atoms. The van der Waals surface area contributed by atoms with Crippen LogP contribution in [-0.4, -0.2) is 37.5 Å². The summed E-state index contributed by atoms with van der Waals surface area (Å²) in [6.07, 6.45) is 2.49. The summed E-state index contributed by atoms with van der Waals surface area (Å²) >= 11 is 4.10. The Morgan fingerprint density at radius 3 is 2.55 bits per heavy atom. The first-order valence-electron chi connectivity index (χ1n) is 4.15. The van der Waals surface area contributed by atoms with Gasteiger partial charge in [-0.15, -0.1) is 0 Å². The van der Waals surface area contributed by atoms with Crippen molar-refractivity contribution in [2.75, 3.05) is 26.5 Å². The van der Waals surface area contributed by atoms with Gasteiger partial charge in [-0.05, 0) is 40.4 Å². The molecule has 68 valence electrons. The minimum atomic E-state index is 0.604. The highest BCUT2D eigenvalue weighted by Crippen LogP contribution is 1.96. The minimum absolute atomic E-state index is 0.604. The van der Waals surface area contributed by atoms with Crippen molar-refractivity contribution >= 4 is 12.6 Å². The van der Waals surface area contributed by atoms with E-state index in [1.165, 1.54) is 19.4 Å². The average Bonchev–Trinajstić information content (AvgIpc) is 1.87.